The molecule has 0 radical (unpaired) electrons. The van der Waals surface area contributed by atoms with Crippen molar-refractivity contribution in [2.75, 3.05) is 6.61 Å². The fourth-order valence-electron chi connectivity index (χ4n) is 1.58. The first-order chi connectivity index (χ1) is 8.41. The molecule has 0 spiro atoms. The predicted octanol–water partition coefficient (Wildman–Crippen LogP) is 3.17. The molecule has 0 aliphatic rings. The smallest absolute Gasteiger partial charge is 0.168 e. The lowest BCUT2D eigenvalue weighted by molar-refractivity contribution is 0.0639. The average molecular weight is 254 g/mol. The van der Waals surface area contributed by atoms with Gasteiger partial charge in [-0.25, -0.2) is 4.39 Å². The summed E-state index contributed by atoms with van der Waals surface area (Å²) in [5, 5.41) is 9.09. The van der Waals surface area contributed by atoms with Gasteiger partial charge in [0.25, 0.3) is 0 Å². The Morgan fingerprint density at radius 3 is 2.61 bits per heavy atom. The fraction of sp³-hybridized carbons (Fsp3) is 0.500. The molecular weight excluding hydrogens is 235 g/mol. The van der Waals surface area contributed by atoms with E-state index in [1.165, 1.54) is 12.1 Å². The van der Waals surface area contributed by atoms with Gasteiger partial charge in [0, 0.05) is 18.6 Å². The van der Waals surface area contributed by atoms with E-state index in [1.54, 1.807) is 6.92 Å². The summed E-state index contributed by atoms with van der Waals surface area (Å²) in [6, 6.07) is 3.57. The summed E-state index contributed by atoms with van der Waals surface area (Å²) in [5.41, 5.74) is 0.0184. The molecule has 4 heteroatoms. The van der Waals surface area contributed by atoms with Crippen molar-refractivity contribution in [1.29, 1.82) is 0 Å². The number of ether oxygens (including phenoxy) is 1. The number of hydrogen-bond donors (Lipinski definition) is 1. The molecule has 1 aromatic rings. The minimum atomic E-state index is -0.684. The highest BCUT2D eigenvalue weighted by atomic mass is 19.1. The molecule has 100 valence electrons. The summed E-state index contributed by atoms with van der Waals surface area (Å²) >= 11 is 0. The van der Waals surface area contributed by atoms with Gasteiger partial charge in [0.1, 0.15) is 11.6 Å². The maximum atomic E-state index is 13.5. The molecule has 1 aromatic carbocycles. The third-order valence-electron chi connectivity index (χ3n) is 2.67. The van der Waals surface area contributed by atoms with Crippen molar-refractivity contribution in [2.45, 2.75) is 33.3 Å². The maximum Gasteiger partial charge on any atom is 0.168 e. The molecule has 0 amide bonds. The number of aromatic hydroxyl groups is 1. The van der Waals surface area contributed by atoms with Crippen LogP contribution in [-0.2, 0) is 4.74 Å². The lowest BCUT2D eigenvalue weighted by atomic mass is 9.96. The standard InChI is InChI=1S/C14H19FO3/c1-9(2)18-7-6-10(3)14(17)12-5-4-11(16)8-13(12)15/h4-5,8-10,16H,6-7H2,1-3H3/t10-/m1/s1. The van der Waals surface area contributed by atoms with Crippen LogP contribution in [0.25, 0.3) is 0 Å². The summed E-state index contributed by atoms with van der Waals surface area (Å²) in [7, 11) is 0. The highest BCUT2D eigenvalue weighted by Crippen LogP contribution is 2.19. The summed E-state index contributed by atoms with van der Waals surface area (Å²) < 4.78 is 18.9. The van der Waals surface area contributed by atoms with Crippen molar-refractivity contribution >= 4 is 5.78 Å². The zero-order chi connectivity index (χ0) is 13.7. The van der Waals surface area contributed by atoms with Crippen LogP contribution in [0.15, 0.2) is 18.2 Å². The number of halogens is 1. The largest absolute Gasteiger partial charge is 0.508 e. The van der Waals surface area contributed by atoms with Gasteiger partial charge in [0.2, 0.25) is 0 Å². The normalized spacial score (nSPS) is 12.7. The van der Waals surface area contributed by atoms with Crippen molar-refractivity contribution in [3.05, 3.63) is 29.6 Å². The van der Waals surface area contributed by atoms with E-state index < -0.39 is 5.82 Å². The highest BCUT2D eigenvalue weighted by molar-refractivity contribution is 5.97. The first kappa shape index (κ1) is 14.6. The van der Waals surface area contributed by atoms with Crippen LogP contribution in [0.2, 0.25) is 0 Å². The van der Waals surface area contributed by atoms with Gasteiger partial charge in [-0.05, 0) is 32.4 Å². The van der Waals surface area contributed by atoms with Crippen molar-refractivity contribution in [3.63, 3.8) is 0 Å². The third-order valence-corrected chi connectivity index (χ3v) is 2.67. The van der Waals surface area contributed by atoms with Gasteiger partial charge in [-0.15, -0.1) is 0 Å². The van der Waals surface area contributed by atoms with Crippen LogP contribution in [-0.4, -0.2) is 23.6 Å². The van der Waals surface area contributed by atoms with Crippen LogP contribution in [0.5, 0.6) is 5.75 Å². The van der Waals surface area contributed by atoms with Crippen LogP contribution >= 0.6 is 0 Å². The number of carbonyl (C=O) groups excluding carboxylic acids is 1. The van der Waals surface area contributed by atoms with Crippen LogP contribution in [0.1, 0.15) is 37.6 Å². The Balaban J connectivity index is 2.63. The molecule has 0 unspecified atom stereocenters. The first-order valence-electron chi connectivity index (χ1n) is 6.06. The summed E-state index contributed by atoms with van der Waals surface area (Å²) in [6.07, 6.45) is 0.676. The zero-order valence-electron chi connectivity index (χ0n) is 10.9. The topological polar surface area (TPSA) is 46.5 Å². The van der Waals surface area contributed by atoms with E-state index in [0.29, 0.717) is 13.0 Å². The van der Waals surface area contributed by atoms with Crippen LogP contribution in [0.4, 0.5) is 4.39 Å². The van der Waals surface area contributed by atoms with Gasteiger partial charge in [-0.2, -0.15) is 0 Å². The van der Waals surface area contributed by atoms with E-state index in [4.69, 9.17) is 9.84 Å². The molecule has 0 saturated carbocycles. The number of hydrogen-bond acceptors (Lipinski definition) is 3. The minimum absolute atomic E-state index is 0.0184. The summed E-state index contributed by atoms with van der Waals surface area (Å²) in [6.45, 7) is 6.07. The van der Waals surface area contributed by atoms with Gasteiger partial charge < -0.3 is 9.84 Å². The molecule has 0 fully saturated rings. The second-order valence-corrected chi connectivity index (χ2v) is 4.64. The molecular formula is C14H19FO3. The Kier molecular flexibility index (Phi) is 5.28. The third kappa shape index (κ3) is 4.11. The number of Topliss-reactive ketones (excluding diaryl/α,β-unsaturated/α-hetero) is 1. The molecule has 0 aliphatic carbocycles. The zero-order valence-corrected chi connectivity index (χ0v) is 10.9. The Hall–Kier alpha value is -1.42. The van der Waals surface area contributed by atoms with E-state index >= 15 is 0 Å². The molecule has 18 heavy (non-hydrogen) atoms. The lowest BCUT2D eigenvalue weighted by Gasteiger charge is -2.13. The van der Waals surface area contributed by atoms with Crippen LogP contribution < -0.4 is 0 Å². The van der Waals surface area contributed by atoms with Crippen molar-refractivity contribution in [3.8, 4) is 5.75 Å². The van der Waals surface area contributed by atoms with E-state index in [-0.39, 0.29) is 29.1 Å². The molecule has 0 bridgehead atoms. The molecule has 3 nitrogen and oxygen atoms in total. The molecule has 0 heterocycles. The monoisotopic (exact) mass is 254 g/mol. The number of benzene rings is 1. The second kappa shape index (κ2) is 6.50. The lowest BCUT2D eigenvalue weighted by Crippen LogP contribution is -2.16. The fourth-order valence-corrected chi connectivity index (χ4v) is 1.58. The van der Waals surface area contributed by atoms with Crippen molar-refractivity contribution in [1.82, 2.24) is 0 Å². The summed E-state index contributed by atoms with van der Waals surface area (Å²) in [5.74, 6) is -1.43. The summed E-state index contributed by atoms with van der Waals surface area (Å²) in [4.78, 5) is 12.0. The SMILES string of the molecule is CC(C)OCC[C@@H](C)C(=O)c1ccc(O)cc1F. The van der Waals surface area contributed by atoms with Gasteiger partial charge in [-0.1, -0.05) is 6.92 Å². The average Bonchev–Trinajstić information content (AvgIpc) is 2.27. The van der Waals surface area contributed by atoms with Gasteiger partial charge in [0.05, 0.1) is 11.7 Å². The van der Waals surface area contributed by atoms with Gasteiger partial charge >= 0.3 is 0 Å². The van der Waals surface area contributed by atoms with E-state index in [2.05, 4.69) is 0 Å². The number of ketones is 1. The number of rotatable bonds is 6. The molecule has 1 N–H and O–H groups in total. The highest BCUT2D eigenvalue weighted by Gasteiger charge is 2.19. The predicted molar refractivity (Wildman–Crippen MR) is 67.3 cm³/mol. The molecule has 0 saturated heterocycles. The quantitative estimate of drug-likeness (QED) is 0.793. The van der Waals surface area contributed by atoms with E-state index in [1.807, 2.05) is 13.8 Å². The van der Waals surface area contributed by atoms with Gasteiger partial charge in [0.15, 0.2) is 5.78 Å². The minimum Gasteiger partial charge on any atom is -0.508 e. The van der Waals surface area contributed by atoms with E-state index in [9.17, 15) is 9.18 Å². The molecule has 0 aromatic heterocycles. The molecule has 1 atom stereocenters. The Labute approximate surface area is 107 Å². The van der Waals surface area contributed by atoms with Crippen molar-refractivity contribution < 1.29 is 19.0 Å². The van der Waals surface area contributed by atoms with Gasteiger partial charge in [-0.3, -0.25) is 4.79 Å². The van der Waals surface area contributed by atoms with Crippen LogP contribution in [0, 0.1) is 11.7 Å². The molecule has 1 rings (SSSR count). The second-order valence-electron chi connectivity index (χ2n) is 4.64. The van der Waals surface area contributed by atoms with E-state index in [0.717, 1.165) is 6.07 Å². The Bertz CT molecular complexity index is 416. The maximum absolute atomic E-state index is 13.5. The number of phenolic OH excluding ortho intramolecular Hbond substituents is 1. The van der Waals surface area contributed by atoms with Crippen LogP contribution in [0.3, 0.4) is 0 Å². The Morgan fingerprint density at radius 2 is 2.06 bits per heavy atom. The van der Waals surface area contributed by atoms with Crippen molar-refractivity contribution in [2.24, 2.45) is 5.92 Å². The Morgan fingerprint density at radius 1 is 1.39 bits per heavy atom. The number of carbonyl (C=O) groups is 1. The molecule has 0 aliphatic heterocycles. The first-order valence-corrected chi connectivity index (χ1v) is 6.06. The number of phenols is 1.